The smallest absolute Gasteiger partial charge is 0.331 e. The Balaban J connectivity index is 2.29. The van der Waals surface area contributed by atoms with Crippen molar-refractivity contribution in [3.8, 4) is 0 Å². The van der Waals surface area contributed by atoms with E-state index in [1.165, 1.54) is 11.6 Å². The molecule has 40 heavy (non-hydrogen) atoms. The summed E-state index contributed by atoms with van der Waals surface area (Å²) in [6.45, 7) is 12.5. The number of aryl methyl sites for hydroxylation is 1. The third-order valence-corrected chi connectivity index (χ3v) is 7.07. The molecule has 1 N–H and O–H groups in total. The van der Waals surface area contributed by atoms with Gasteiger partial charge in [-0.05, 0) is 66.9 Å². The first-order valence-corrected chi connectivity index (χ1v) is 14.6. The summed E-state index contributed by atoms with van der Waals surface area (Å²) < 4.78 is 11.5. The fourth-order valence-corrected chi connectivity index (χ4v) is 4.99. The summed E-state index contributed by atoms with van der Waals surface area (Å²) in [5.74, 6) is -0.672. The Morgan fingerprint density at radius 3 is 2.65 bits per heavy atom. The summed E-state index contributed by atoms with van der Waals surface area (Å²) in [4.78, 5) is 32.1. The molecule has 1 aliphatic heterocycles. The number of ether oxygens (including phenoxy) is 2. The number of hydrogen-bond acceptors (Lipinski definition) is 8. The van der Waals surface area contributed by atoms with Gasteiger partial charge in [0, 0.05) is 36.9 Å². The van der Waals surface area contributed by atoms with Crippen LogP contribution >= 0.6 is 11.3 Å². The molecule has 0 unspecified atom stereocenters. The molecular formula is C32H45N3O4S. The summed E-state index contributed by atoms with van der Waals surface area (Å²) in [5, 5.41) is 6.09. The fraction of sp³-hybridized carbons (Fsp3) is 0.469. The number of fused-ring (bicyclic) bond motifs is 2. The zero-order chi connectivity index (χ0) is 29.5. The van der Waals surface area contributed by atoms with E-state index in [1.807, 2.05) is 58.5 Å². The maximum atomic E-state index is 12.7. The Morgan fingerprint density at radius 2 is 1.93 bits per heavy atom. The number of hydrogen-bond donors (Lipinski definition) is 1. The maximum absolute atomic E-state index is 12.7. The zero-order valence-corrected chi connectivity index (χ0v) is 25.6. The minimum atomic E-state index is -0.458. The monoisotopic (exact) mass is 567 g/mol. The Kier molecular flexibility index (Phi) is 14.4. The molecule has 0 saturated carbocycles. The van der Waals surface area contributed by atoms with Crippen LogP contribution < -0.4 is 5.32 Å². The van der Waals surface area contributed by atoms with Gasteiger partial charge in [0.15, 0.2) is 0 Å². The third kappa shape index (κ3) is 13.7. The lowest BCUT2D eigenvalue weighted by molar-refractivity contribution is -0.148. The molecule has 1 aromatic rings. The highest BCUT2D eigenvalue weighted by molar-refractivity contribution is 7.09. The lowest BCUT2D eigenvalue weighted by atomic mass is 10.1. The van der Waals surface area contributed by atoms with E-state index < -0.39 is 12.1 Å². The highest BCUT2D eigenvalue weighted by Gasteiger charge is 2.18. The van der Waals surface area contributed by atoms with Crippen molar-refractivity contribution in [2.24, 2.45) is 0 Å². The number of esters is 2. The highest BCUT2D eigenvalue weighted by Crippen LogP contribution is 2.19. The predicted octanol–water partition coefficient (Wildman–Crippen LogP) is 5.87. The van der Waals surface area contributed by atoms with Crippen molar-refractivity contribution in [3.63, 3.8) is 0 Å². The lowest BCUT2D eigenvalue weighted by Gasteiger charge is -2.18. The topological polar surface area (TPSA) is 80.8 Å². The Bertz CT molecular complexity index is 1140. The van der Waals surface area contributed by atoms with E-state index in [0.29, 0.717) is 25.7 Å². The van der Waals surface area contributed by atoms with Crippen molar-refractivity contribution in [1.82, 2.24) is 15.2 Å². The SMILES string of the molecule is C=CN[C@@H]1CCc2csc(n2)C[C@@H](/C=C(C)/C=C/C(C)=C/CN(C)C)OC(=O)/C=C\C=C(/C)C[C@H](C)OC(=O)C1. The number of thiazole rings is 1. The molecule has 218 valence electrons. The van der Waals surface area contributed by atoms with Gasteiger partial charge in [0.1, 0.15) is 12.2 Å². The maximum Gasteiger partial charge on any atom is 0.331 e. The van der Waals surface area contributed by atoms with Crippen molar-refractivity contribution in [3.05, 3.63) is 88.1 Å². The Labute approximate surface area is 244 Å². The van der Waals surface area contributed by atoms with Crippen LogP contribution in [0.4, 0.5) is 0 Å². The van der Waals surface area contributed by atoms with Crippen molar-refractivity contribution in [2.45, 2.75) is 78.0 Å². The first-order chi connectivity index (χ1) is 19.0. The van der Waals surface area contributed by atoms with Crippen LogP contribution in [0.2, 0.25) is 0 Å². The first kappa shape index (κ1) is 33.0. The number of carbonyl (C=O) groups is 2. The van der Waals surface area contributed by atoms with Crippen LogP contribution in [-0.2, 0) is 31.9 Å². The van der Waals surface area contributed by atoms with Crippen LogP contribution in [0.25, 0.3) is 0 Å². The largest absolute Gasteiger partial charge is 0.462 e. The van der Waals surface area contributed by atoms with E-state index in [0.717, 1.165) is 28.4 Å². The minimum absolute atomic E-state index is 0.0923. The molecule has 0 amide bonds. The van der Waals surface area contributed by atoms with Gasteiger partial charge in [-0.1, -0.05) is 53.7 Å². The lowest BCUT2D eigenvalue weighted by Crippen LogP contribution is -2.30. The number of carbonyl (C=O) groups excluding carboxylic acids is 2. The van der Waals surface area contributed by atoms with E-state index >= 15 is 0 Å². The van der Waals surface area contributed by atoms with Gasteiger partial charge in [0.05, 0.1) is 17.1 Å². The number of likely N-dealkylation sites (N-methyl/N-ethyl adjacent to an activating group) is 1. The number of aromatic nitrogens is 1. The van der Waals surface area contributed by atoms with Gasteiger partial charge in [-0.15, -0.1) is 11.3 Å². The van der Waals surface area contributed by atoms with E-state index in [4.69, 9.17) is 14.5 Å². The van der Waals surface area contributed by atoms with E-state index in [2.05, 4.69) is 35.9 Å². The second kappa shape index (κ2) is 17.5. The summed E-state index contributed by atoms with van der Waals surface area (Å²) in [5.41, 5.74) is 4.11. The quantitative estimate of drug-likeness (QED) is 0.326. The molecule has 0 radical (unpaired) electrons. The summed E-state index contributed by atoms with van der Waals surface area (Å²) >= 11 is 1.55. The number of allylic oxidation sites excluding steroid dienone is 6. The molecule has 0 spiro atoms. The molecule has 1 aliphatic rings. The van der Waals surface area contributed by atoms with Gasteiger partial charge in [-0.25, -0.2) is 9.78 Å². The van der Waals surface area contributed by atoms with Gasteiger partial charge in [0.25, 0.3) is 0 Å². The van der Waals surface area contributed by atoms with E-state index in [9.17, 15) is 9.59 Å². The highest BCUT2D eigenvalue weighted by atomic mass is 32.1. The molecule has 0 saturated heterocycles. The van der Waals surface area contributed by atoms with Crippen molar-refractivity contribution >= 4 is 23.3 Å². The normalized spacial score (nSPS) is 24.8. The molecule has 2 rings (SSSR count). The van der Waals surface area contributed by atoms with Gasteiger partial charge in [-0.3, -0.25) is 4.79 Å². The van der Waals surface area contributed by atoms with Crippen LogP contribution in [0, 0.1) is 0 Å². The molecule has 0 aliphatic carbocycles. The predicted molar refractivity (Wildman–Crippen MR) is 164 cm³/mol. The second-order valence-corrected chi connectivity index (χ2v) is 11.5. The Morgan fingerprint density at radius 1 is 1.18 bits per heavy atom. The summed E-state index contributed by atoms with van der Waals surface area (Å²) in [6.07, 6.45) is 16.8. The second-order valence-electron chi connectivity index (χ2n) is 10.6. The summed E-state index contributed by atoms with van der Waals surface area (Å²) in [7, 11) is 4.08. The Hall–Kier alpha value is -3.23. The molecule has 8 heteroatoms. The van der Waals surface area contributed by atoms with Crippen LogP contribution in [0.5, 0.6) is 0 Å². The van der Waals surface area contributed by atoms with Crippen molar-refractivity contribution in [1.29, 1.82) is 0 Å². The molecule has 0 aromatic carbocycles. The molecule has 0 fully saturated rings. The summed E-state index contributed by atoms with van der Waals surface area (Å²) in [6, 6.07) is -0.0923. The number of cyclic esters (lactones) is 2. The van der Waals surface area contributed by atoms with Crippen LogP contribution in [0.3, 0.4) is 0 Å². The van der Waals surface area contributed by atoms with Crippen LogP contribution in [-0.4, -0.2) is 60.7 Å². The standard InChI is InChI=1S/C32H45N3O4S/c1-8-33-27-14-15-28-22-40-30(34-28)21-29(19-25(4)13-12-23(2)16-17-35(6)7)39-31(36)11-9-10-24(3)18-26(5)38-32(37)20-27/h8-13,16,19,22,26-27,29,33H,1,14-15,17-18,20-21H2,2-7H3/b11-9-,13-12+,23-16+,24-10+,25-19+/t26-,27+,29+/m0/s1. The van der Waals surface area contributed by atoms with Gasteiger partial charge in [0.2, 0.25) is 0 Å². The number of rotatable bonds is 7. The van der Waals surface area contributed by atoms with E-state index in [-0.39, 0.29) is 24.5 Å². The average molecular weight is 568 g/mol. The minimum Gasteiger partial charge on any atom is -0.462 e. The van der Waals surface area contributed by atoms with Gasteiger partial charge in [-0.2, -0.15) is 0 Å². The first-order valence-electron chi connectivity index (χ1n) is 13.8. The van der Waals surface area contributed by atoms with Crippen molar-refractivity contribution < 1.29 is 19.1 Å². The van der Waals surface area contributed by atoms with Crippen LogP contribution in [0.1, 0.15) is 57.7 Å². The number of nitrogens with zero attached hydrogens (tertiary/aromatic N) is 2. The number of nitrogens with one attached hydrogen (secondary N) is 1. The molecule has 3 atom stereocenters. The van der Waals surface area contributed by atoms with Gasteiger partial charge >= 0.3 is 11.9 Å². The third-order valence-electron chi connectivity index (χ3n) is 6.15. The average Bonchev–Trinajstić information content (AvgIpc) is 3.31. The molecular weight excluding hydrogens is 522 g/mol. The zero-order valence-electron chi connectivity index (χ0n) is 24.8. The molecule has 2 heterocycles. The fourth-order valence-electron chi connectivity index (χ4n) is 4.12. The van der Waals surface area contributed by atoms with Crippen LogP contribution in [0.15, 0.2) is 77.4 Å². The molecule has 1 aromatic heterocycles. The molecule has 2 bridgehead atoms. The molecule has 7 nitrogen and oxygen atoms in total. The van der Waals surface area contributed by atoms with Gasteiger partial charge < -0.3 is 19.7 Å². The van der Waals surface area contributed by atoms with Crippen molar-refractivity contribution in [2.75, 3.05) is 20.6 Å². The van der Waals surface area contributed by atoms with E-state index in [1.54, 1.807) is 23.6 Å².